The van der Waals surface area contributed by atoms with E-state index in [0.717, 1.165) is 5.56 Å². The number of halogens is 1. The van der Waals surface area contributed by atoms with Crippen LogP contribution in [0, 0.1) is 0 Å². The Kier molecular flexibility index (Phi) is 6.55. The molecule has 142 valence electrons. The first-order valence-electron chi connectivity index (χ1n) is 8.73. The number of carboxylic acids is 1. The molecule has 0 aliphatic rings. The predicted molar refractivity (Wildman–Crippen MR) is 109 cm³/mol. The molecule has 2 aromatic carbocycles. The van der Waals surface area contributed by atoms with Crippen LogP contribution in [0.3, 0.4) is 0 Å². The minimum absolute atomic E-state index is 0.222. The Bertz CT molecular complexity index is 961. The molecule has 1 N–H and O–H groups in total. The summed E-state index contributed by atoms with van der Waals surface area (Å²) in [6, 6.07) is 19.6. The van der Waals surface area contributed by atoms with Crippen LogP contribution in [-0.4, -0.2) is 27.9 Å². The largest absolute Gasteiger partial charge is 0.479 e. The molecule has 6 heteroatoms. The lowest BCUT2D eigenvalue weighted by molar-refractivity contribution is -0.145. The highest BCUT2D eigenvalue weighted by atomic mass is 79.9. The fourth-order valence-electron chi connectivity index (χ4n) is 2.75. The van der Waals surface area contributed by atoms with Crippen LogP contribution in [0.1, 0.15) is 28.0 Å². The fourth-order valence-corrected chi connectivity index (χ4v) is 3.11. The molecule has 0 saturated carbocycles. The van der Waals surface area contributed by atoms with Crippen molar-refractivity contribution in [2.24, 2.45) is 0 Å². The van der Waals surface area contributed by atoms with Crippen molar-refractivity contribution in [1.29, 1.82) is 0 Å². The molecular formula is C22H18BrNO4. The van der Waals surface area contributed by atoms with Gasteiger partial charge in [0.1, 0.15) is 11.4 Å². The zero-order chi connectivity index (χ0) is 19.9. The Labute approximate surface area is 171 Å². The maximum atomic E-state index is 12.8. The quantitative estimate of drug-likeness (QED) is 0.521. The highest BCUT2D eigenvalue weighted by Crippen LogP contribution is 2.27. The van der Waals surface area contributed by atoms with E-state index in [0.29, 0.717) is 10.9 Å². The number of carboxylic acid groups (broad SMARTS) is 1. The Balaban J connectivity index is 1.83. The van der Waals surface area contributed by atoms with Gasteiger partial charge in [-0.3, -0.25) is 9.78 Å². The van der Waals surface area contributed by atoms with Gasteiger partial charge < -0.3 is 9.84 Å². The molecule has 28 heavy (non-hydrogen) atoms. The molecule has 1 aromatic heterocycles. The third-order valence-corrected chi connectivity index (χ3v) is 4.66. The van der Waals surface area contributed by atoms with Gasteiger partial charge in [0.05, 0.1) is 5.56 Å². The summed E-state index contributed by atoms with van der Waals surface area (Å²) in [5.74, 6) is -1.18. The molecule has 0 aliphatic carbocycles. The van der Waals surface area contributed by atoms with Crippen molar-refractivity contribution >= 4 is 27.7 Å². The lowest BCUT2D eigenvalue weighted by Gasteiger charge is -2.17. The SMILES string of the molecule is O=C(c1ccccn1)c1cc(Br)ccc1OC(CCc1ccccc1)C(=O)O. The molecule has 0 spiro atoms. The number of carbonyl (C=O) groups excluding carboxylic acids is 1. The second kappa shape index (κ2) is 9.28. The number of aliphatic carboxylic acids is 1. The van der Waals surface area contributed by atoms with Gasteiger partial charge in [-0.1, -0.05) is 52.3 Å². The van der Waals surface area contributed by atoms with Gasteiger partial charge in [0.25, 0.3) is 0 Å². The lowest BCUT2D eigenvalue weighted by Crippen LogP contribution is -2.28. The molecule has 0 bridgehead atoms. The Morgan fingerprint density at radius 1 is 1.04 bits per heavy atom. The zero-order valence-electron chi connectivity index (χ0n) is 14.9. The van der Waals surface area contributed by atoms with Gasteiger partial charge in [0.2, 0.25) is 5.78 Å². The average molecular weight is 440 g/mol. The topological polar surface area (TPSA) is 76.5 Å². The number of nitrogens with zero attached hydrogens (tertiary/aromatic N) is 1. The predicted octanol–water partition coefficient (Wildman–Crippen LogP) is 4.54. The minimum atomic E-state index is -1.07. The van der Waals surface area contributed by atoms with Crippen LogP contribution in [0.5, 0.6) is 5.75 Å². The smallest absolute Gasteiger partial charge is 0.344 e. The number of ketones is 1. The molecule has 0 aliphatic heterocycles. The van der Waals surface area contributed by atoms with Crippen LogP contribution in [-0.2, 0) is 11.2 Å². The number of aromatic nitrogens is 1. The number of aryl methyl sites for hydroxylation is 1. The van der Waals surface area contributed by atoms with E-state index in [1.54, 1.807) is 36.4 Å². The molecule has 1 unspecified atom stereocenters. The van der Waals surface area contributed by atoms with Crippen molar-refractivity contribution in [2.45, 2.75) is 18.9 Å². The van der Waals surface area contributed by atoms with Crippen molar-refractivity contribution in [3.8, 4) is 5.75 Å². The monoisotopic (exact) mass is 439 g/mol. The summed E-state index contributed by atoms with van der Waals surface area (Å²) in [5.41, 5.74) is 1.55. The third kappa shape index (κ3) is 5.04. The average Bonchev–Trinajstić information content (AvgIpc) is 2.72. The molecule has 0 amide bonds. The second-order valence-electron chi connectivity index (χ2n) is 6.15. The van der Waals surface area contributed by atoms with E-state index < -0.39 is 12.1 Å². The van der Waals surface area contributed by atoms with E-state index in [1.807, 2.05) is 30.3 Å². The summed E-state index contributed by atoms with van der Waals surface area (Å²) in [7, 11) is 0. The van der Waals surface area contributed by atoms with Crippen molar-refractivity contribution in [1.82, 2.24) is 4.98 Å². The van der Waals surface area contributed by atoms with Gasteiger partial charge in [-0.2, -0.15) is 0 Å². The number of hydrogen-bond donors (Lipinski definition) is 1. The number of pyridine rings is 1. The molecule has 3 rings (SSSR count). The number of ether oxygens (including phenoxy) is 1. The number of carbonyl (C=O) groups is 2. The van der Waals surface area contributed by atoms with Gasteiger partial charge in [-0.15, -0.1) is 0 Å². The summed E-state index contributed by atoms with van der Waals surface area (Å²) >= 11 is 3.35. The Morgan fingerprint density at radius 3 is 2.46 bits per heavy atom. The van der Waals surface area contributed by atoms with Crippen LogP contribution in [0.15, 0.2) is 77.4 Å². The number of benzene rings is 2. The Morgan fingerprint density at radius 2 is 1.79 bits per heavy atom. The van der Waals surface area contributed by atoms with E-state index in [2.05, 4.69) is 20.9 Å². The van der Waals surface area contributed by atoms with Gasteiger partial charge >= 0.3 is 5.97 Å². The van der Waals surface area contributed by atoms with Gasteiger partial charge in [-0.25, -0.2) is 4.79 Å². The van der Waals surface area contributed by atoms with Gasteiger partial charge in [-0.05, 0) is 48.7 Å². The molecule has 1 heterocycles. The summed E-state index contributed by atoms with van der Waals surface area (Å²) in [6.07, 6.45) is 1.30. The highest BCUT2D eigenvalue weighted by Gasteiger charge is 2.23. The molecule has 5 nitrogen and oxygen atoms in total. The Hall–Kier alpha value is -2.99. The standard InChI is InChI=1S/C22H18BrNO4/c23-16-10-12-19(17(14-16)21(25)18-8-4-5-13-24-18)28-20(22(26)27)11-9-15-6-2-1-3-7-15/h1-8,10,12-14,20H,9,11H2,(H,26,27). The van der Waals surface area contributed by atoms with E-state index >= 15 is 0 Å². The van der Waals surface area contributed by atoms with Crippen LogP contribution in [0.2, 0.25) is 0 Å². The van der Waals surface area contributed by atoms with Crippen LogP contribution < -0.4 is 4.74 Å². The first kappa shape index (κ1) is 19.8. The van der Waals surface area contributed by atoms with Gasteiger partial charge in [0.15, 0.2) is 6.10 Å². The minimum Gasteiger partial charge on any atom is -0.479 e. The molecule has 0 saturated heterocycles. The van der Waals surface area contributed by atoms with Crippen LogP contribution in [0.25, 0.3) is 0 Å². The van der Waals surface area contributed by atoms with Crippen molar-refractivity contribution < 1.29 is 19.4 Å². The summed E-state index contributed by atoms with van der Waals surface area (Å²) in [5, 5.41) is 9.58. The van der Waals surface area contributed by atoms with Crippen molar-refractivity contribution in [2.75, 3.05) is 0 Å². The van der Waals surface area contributed by atoms with E-state index in [1.165, 1.54) is 6.20 Å². The van der Waals surface area contributed by atoms with Crippen LogP contribution in [0.4, 0.5) is 0 Å². The molecule has 3 aromatic rings. The third-order valence-electron chi connectivity index (χ3n) is 4.17. The molecule has 0 radical (unpaired) electrons. The molecule has 1 atom stereocenters. The van der Waals surface area contributed by atoms with E-state index in [4.69, 9.17) is 4.74 Å². The number of hydrogen-bond acceptors (Lipinski definition) is 4. The first-order chi connectivity index (χ1) is 13.5. The lowest BCUT2D eigenvalue weighted by atomic mass is 10.1. The van der Waals surface area contributed by atoms with E-state index in [9.17, 15) is 14.7 Å². The fraction of sp³-hybridized carbons (Fsp3) is 0.136. The highest BCUT2D eigenvalue weighted by molar-refractivity contribution is 9.10. The maximum Gasteiger partial charge on any atom is 0.344 e. The van der Waals surface area contributed by atoms with Gasteiger partial charge in [0, 0.05) is 10.7 Å². The summed E-state index contributed by atoms with van der Waals surface area (Å²) < 4.78 is 6.45. The van der Waals surface area contributed by atoms with Crippen LogP contribution >= 0.6 is 15.9 Å². The maximum absolute atomic E-state index is 12.8. The second-order valence-corrected chi connectivity index (χ2v) is 7.07. The normalized spacial score (nSPS) is 11.6. The summed E-state index contributed by atoms with van der Waals surface area (Å²) in [6.45, 7) is 0. The first-order valence-corrected chi connectivity index (χ1v) is 9.52. The number of rotatable bonds is 8. The van der Waals surface area contributed by atoms with Crippen molar-refractivity contribution in [3.63, 3.8) is 0 Å². The summed E-state index contributed by atoms with van der Waals surface area (Å²) in [4.78, 5) is 28.6. The van der Waals surface area contributed by atoms with Crippen molar-refractivity contribution in [3.05, 3.63) is 94.2 Å². The molecular weight excluding hydrogens is 422 g/mol. The molecule has 0 fully saturated rings. The van der Waals surface area contributed by atoms with E-state index in [-0.39, 0.29) is 29.2 Å². The zero-order valence-corrected chi connectivity index (χ0v) is 16.5.